The first kappa shape index (κ1) is 15.8. The second-order valence-corrected chi connectivity index (χ2v) is 6.96. The first-order valence-electron chi connectivity index (χ1n) is 8.12. The van der Waals surface area contributed by atoms with Crippen LogP contribution in [0.4, 0.5) is 0 Å². The van der Waals surface area contributed by atoms with E-state index in [9.17, 15) is 10.1 Å². The van der Waals surface area contributed by atoms with Gasteiger partial charge in [-0.3, -0.25) is 4.79 Å². The van der Waals surface area contributed by atoms with Crippen LogP contribution in [-0.4, -0.2) is 23.4 Å². The third kappa shape index (κ3) is 3.62. The molecule has 1 saturated heterocycles. The van der Waals surface area contributed by atoms with E-state index in [0.717, 1.165) is 32.2 Å². The van der Waals surface area contributed by atoms with E-state index >= 15 is 0 Å². The SMILES string of the molecule is N#Cc1ccccc1C(=O)N1CCCC[C@@H]1CCc1cccs1. The summed E-state index contributed by atoms with van der Waals surface area (Å²) in [7, 11) is 0. The van der Waals surface area contributed by atoms with Gasteiger partial charge in [0.2, 0.25) is 0 Å². The van der Waals surface area contributed by atoms with Gasteiger partial charge in [0.1, 0.15) is 0 Å². The average Bonchev–Trinajstić information content (AvgIpc) is 3.13. The van der Waals surface area contributed by atoms with E-state index in [1.54, 1.807) is 29.5 Å². The summed E-state index contributed by atoms with van der Waals surface area (Å²) in [6, 6.07) is 13.8. The first-order chi connectivity index (χ1) is 11.3. The number of piperidine rings is 1. The molecule has 1 aliphatic rings. The fraction of sp³-hybridized carbons (Fsp3) is 0.368. The van der Waals surface area contributed by atoms with Crippen molar-refractivity contribution in [2.24, 2.45) is 0 Å². The monoisotopic (exact) mass is 324 g/mol. The number of hydrogen-bond donors (Lipinski definition) is 0. The van der Waals surface area contributed by atoms with Crippen LogP contribution in [0.3, 0.4) is 0 Å². The Kier molecular flexibility index (Phi) is 5.09. The van der Waals surface area contributed by atoms with Gasteiger partial charge in [0.05, 0.1) is 17.2 Å². The van der Waals surface area contributed by atoms with Gasteiger partial charge in [0, 0.05) is 17.5 Å². The van der Waals surface area contributed by atoms with Gasteiger partial charge in [-0.15, -0.1) is 11.3 Å². The maximum absolute atomic E-state index is 12.9. The van der Waals surface area contributed by atoms with Crippen molar-refractivity contribution in [1.29, 1.82) is 5.26 Å². The van der Waals surface area contributed by atoms with Gasteiger partial charge in [-0.1, -0.05) is 18.2 Å². The molecule has 1 aromatic heterocycles. The predicted octanol–water partition coefficient (Wildman–Crippen LogP) is 4.25. The number of benzene rings is 1. The van der Waals surface area contributed by atoms with Crippen molar-refractivity contribution in [2.45, 2.75) is 38.1 Å². The topological polar surface area (TPSA) is 44.1 Å². The minimum atomic E-state index is 0.0121. The molecule has 2 aromatic rings. The van der Waals surface area contributed by atoms with Crippen molar-refractivity contribution >= 4 is 17.2 Å². The molecule has 3 nitrogen and oxygen atoms in total. The van der Waals surface area contributed by atoms with Crippen LogP contribution < -0.4 is 0 Å². The molecule has 0 N–H and O–H groups in total. The van der Waals surface area contributed by atoms with Crippen molar-refractivity contribution in [3.05, 3.63) is 57.8 Å². The van der Waals surface area contributed by atoms with Crippen LogP contribution in [-0.2, 0) is 6.42 Å². The molecule has 1 aliphatic heterocycles. The Morgan fingerprint density at radius 1 is 1.26 bits per heavy atom. The van der Waals surface area contributed by atoms with Gasteiger partial charge < -0.3 is 4.90 Å². The number of amides is 1. The Balaban J connectivity index is 1.75. The normalized spacial score (nSPS) is 17.7. The van der Waals surface area contributed by atoms with Crippen LogP contribution in [0.5, 0.6) is 0 Å². The van der Waals surface area contributed by atoms with Crippen molar-refractivity contribution < 1.29 is 4.79 Å². The van der Waals surface area contributed by atoms with Crippen LogP contribution in [0.15, 0.2) is 41.8 Å². The lowest BCUT2D eigenvalue weighted by atomic mass is 9.96. The summed E-state index contributed by atoms with van der Waals surface area (Å²) in [4.78, 5) is 16.3. The van der Waals surface area contributed by atoms with E-state index in [4.69, 9.17) is 0 Å². The number of rotatable bonds is 4. The number of nitriles is 1. The maximum atomic E-state index is 12.9. The molecule has 1 atom stereocenters. The molecule has 0 saturated carbocycles. The molecule has 0 bridgehead atoms. The Morgan fingerprint density at radius 2 is 2.13 bits per heavy atom. The molecule has 1 amide bonds. The number of carbonyl (C=O) groups excluding carboxylic acids is 1. The molecule has 0 aliphatic carbocycles. The number of carbonyl (C=O) groups is 1. The highest BCUT2D eigenvalue weighted by atomic mass is 32.1. The van der Waals surface area contributed by atoms with Crippen LogP contribution >= 0.6 is 11.3 Å². The van der Waals surface area contributed by atoms with Crippen molar-refractivity contribution in [3.8, 4) is 6.07 Å². The highest BCUT2D eigenvalue weighted by Gasteiger charge is 2.28. The lowest BCUT2D eigenvalue weighted by Gasteiger charge is -2.36. The minimum Gasteiger partial charge on any atom is -0.336 e. The third-order valence-corrected chi connectivity index (χ3v) is 5.41. The summed E-state index contributed by atoms with van der Waals surface area (Å²) < 4.78 is 0. The van der Waals surface area contributed by atoms with E-state index in [-0.39, 0.29) is 11.9 Å². The molecule has 2 heterocycles. The van der Waals surface area contributed by atoms with Crippen LogP contribution in [0.25, 0.3) is 0 Å². The van der Waals surface area contributed by atoms with Gasteiger partial charge in [-0.25, -0.2) is 0 Å². The molecule has 23 heavy (non-hydrogen) atoms. The Bertz CT molecular complexity index is 702. The minimum absolute atomic E-state index is 0.0121. The summed E-state index contributed by atoms with van der Waals surface area (Å²) in [5, 5.41) is 11.3. The van der Waals surface area contributed by atoms with Gasteiger partial charge in [-0.2, -0.15) is 5.26 Å². The van der Waals surface area contributed by atoms with Crippen molar-refractivity contribution in [1.82, 2.24) is 4.90 Å². The summed E-state index contributed by atoms with van der Waals surface area (Å²) in [5.41, 5.74) is 1.01. The standard InChI is InChI=1S/C19H20N2OS/c20-14-15-6-1-2-9-18(15)19(22)21-12-4-3-7-16(21)10-11-17-8-5-13-23-17/h1-2,5-6,8-9,13,16H,3-4,7,10-12H2/t16-/m1/s1. The molecule has 118 valence electrons. The second-order valence-electron chi connectivity index (χ2n) is 5.92. The first-order valence-corrected chi connectivity index (χ1v) is 9.00. The lowest BCUT2D eigenvalue weighted by molar-refractivity contribution is 0.0602. The molecular formula is C19H20N2OS. The van der Waals surface area contributed by atoms with E-state index in [1.165, 1.54) is 11.3 Å². The van der Waals surface area contributed by atoms with Gasteiger partial charge in [0.25, 0.3) is 5.91 Å². The zero-order chi connectivity index (χ0) is 16.1. The largest absolute Gasteiger partial charge is 0.336 e. The van der Waals surface area contributed by atoms with Crippen LogP contribution in [0.1, 0.15) is 46.5 Å². The Labute approximate surface area is 141 Å². The van der Waals surface area contributed by atoms with E-state index in [1.807, 2.05) is 11.0 Å². The smallest absolute Gasteiger partial charge is 0.255 e. The summed E-state index contributed by atoms with van der Waals surface area (Å²) in [5.74, 6) is 0.0121. The molecule has 4 heteroatoms. The summed E-state index contributed by atoms with van der Waals surface area (Å²) >= 11 is 1.78. The number of nitrogens with zero attached hydrogens (tertiary/aromatic N) is 2. The van der Waals surface area contributed by atoms with E-state index in [2.05, 4.69) is 23.6 Å². The van der Waals surface area contributed by atoms with Crippen molar-refractivity contribution in [2.75, 3.05) is 6.54 Å². The molecular weight excluding hydrogens is 304 g/mol. The highest BCUT2D eigenvalue weighted by Crippen LogP contribution is 2.25. The fourth-order valence-corrected chi connectivity index (χ4v) is 3.98. The quantitative estimate of drug-likeness (QED) is 0.844. The van der Waals surface area contributed by atoms with Gasteiger partial charge >= 0.3 is 0 Å². The van der Waals surface area contributed by atoms with Gasteiger partial charge in [-0.05, 0) is 55.7 Å². The van der Waals surface area contributed by atoms with E-state index < -0.39 is 0 Å². The van der Waals surface area contributed by atoms with E-state index in [0.29, 0.717) is 11.1 Å². The number of thiophene rings is 1. The third-order valence-electron chi connectivity index (χ3n) is 4.47. The Hall–Kier alpha value is -2.12. The molecule has 0 spiro atoms. The van der Waals surface area contributed by atoms with Crippen molar-refractivity contribution in [3.63, 3.8) is 0 Å². The number of aryl methyl sites for hydroxylation is 1. The fourth-order valence-electron chi connectivity index (χ4n) is 3.25. The van der Waals surface area contributed by atoms with Crippen LogP contribution in [0, 0.1) is 11.3 Å². The molecule has 1 aromatic carbocycles. The maximum Gasteiger partial charge on any atom is 0.255 e. The Morgan fingerprint density at radius 3 is 2.91 bits per heavy atom. The molecule has 0 unspecified atom stereocenters. The number of likely N-dealkylation sites (tertiary alicyclic amines) is 1. The van der Waals surface area contributed by atoms with Crippen LogP contribution in [0.2, 0.25) is 0 Å². The lowest BCUT2D eigenvalue weighted by Crippen LogP contribution is -2.44. The van der Waals surface area contributed by atoms with Gasteiger partial charge in [0.15, 0.2) is 0 Å². The second kappa shape index (κ2) is 7.43. The predicted molar refractivity (Wildman–Crippen MR) is 92.5 cm³/mol. The highest BCUT2D eigenvalue weighted by molar-refractivity contribution is 7.09. The number of hydrogen-bond acceptors (Lipinski definition) is 3. The summed E-state index contributed by atoms with van der Waals surface area (Å²) in [6.45, 7) is 0.799. The zero-order valence-corrected chi connectivity index (χ0v) is 13.9. The molecule has 0 radical (unpaired) electrons. The molecule has 3 rings (SSSR count). The molecule has 1 fully saturated rings. The average molecular weight is 324 g/mol. The zero-order valence-electron chi connectivity index (χ0n) is 13.1. The summed E-state index contributed by atoms with van der Waals surface area (Å²) in [6.07, 6.45) is 5.31.